The summed E-state index contributed by atoms with van der Waals surface area (Å²) < 4.78 is 0. The van der Waals surface area contributed by atoms with Crippen LogP contribution in [0, 0.1) is 0 Å². The van der Waals surface area contributed by atoms with Crippen LogP contribution in [0.5, 0.6) is 0 Å². The molecule has 3 N–H and O–H groups in total. The van der Waals surface area contributed by atoms with Gasteiger partial charge in [0, 0.05) is 10.6 Å². The topological polar surface area (TPSA) is 46.2 Å². The van der Waals surface area contributed by atoms with Gasteiger partial charge in [-0.05, 0) is 30.4 Å². The Hall–Kier alpha value is -0.570. The smallest absolute Gasteiger partial charge is 0.0611 e. The number of rotatable bonds is 2. The standard InChI is InChI=1S/C11H14ClNO/c12-10-4-2-1-3-9(10)8-5-11(13,6-8)7-14/h1-4,8,14H,5-7,13H2. The fourth-order valence-corrected chi connectivity index (χ4v) is 2.37. The van der Waals surface area contributed by atoms with Crippen LogP contribution in [0.25, 0.3) is 0 Å². The van der Waals surface area contributed by atoms with Gasteiger partial charge in [0.05, 0.1) is 6.61 Å². The number of aliphatic hydroxyl groups excluding tert-OH is 1. The number of benzene rings is 1. The number of hydrogen-bond donors (Lipinski definition) is 2. The Morgan fingerprint density at radius 2 is 2.07 bits per heavy atom. The lowest BCUT2D eigenvalue weighted by molar-refractivity contribution is 0.106. The van der Waals surface area contributed by atoms with Crippen molar-refractivity contribution >= 4 is 11.6 Å². The Bertz CT molecular complexity index is 334. The average Bonchev–Trinajstić information content (AvgIpc) is 2.14. The van der Waals surface area contributed by atoms with Crippen LogP contribution in [0.3, 0.4) is 0 Å². The summed E-state index contributed by atoms with van der Waals surface area (Å²) in [5.74, 6) is 0.417. The minimum absolute atomic E-state index is 0.0634. The third kappa shape index (κ3) is 1.65. The highest BCUT2D eigenvalue weighted by molar-refractivity contribution is 6.31. The minimum Gasteiger partial charge on any atom is -0.394 e. The van der Waals surface area contributed by atoms with Crippen molar-refractivity contribution in [2.75, 3.05) is 6.61 Å². The fraction of sp³-hybridized carbons (Fsp3) is 0.455. The molecule has 1 fully saturated rings. The summed E-state index contributed by atoms with van der Waals surface area (Å²) in [6.07, 6.45) is 1.65. The van der Waals surface area contributed by atoms with Crippen molar-refractivity contribution in [1.82, 2.24) is 0 Å². The molecular formula is C11H14ClNO. The highest BCUT2D eigenvalue weighted by Crippen LogP contribution is 2.44. The molecule has 0 saturated heterocycles. The summed E-state index contributed by atoms with van der Waals surface area (Å²) in [4.78, 5) is 0. The van der Waals surface area contributed by atoms with Gasteiger partial charge in [0.15, 0.2) is 0 Å². The molecule has 1 aliphatic rings. The zero-order valence-corrected chi connectivity index (χ0v) is 8.67. The van der Waals surface area contributed by atoms with E-state index in [1.54, 1.807) is 0 Å². The van der Waals surface area contributed by atoms with Gasteiger partial charge in [-0.2, -0.15) is 0 Å². The lowest BCUT2D eigenvalue weighted by Crippen LogP contribution is -2.53. The van der Waals surface area contributed by atoms with Crippen molar-refractivity contribution in [3.8, 4) is 0 Å². The van der Waals surface area contributed by atoms with Crippen molar-refractivity contribution < 1.29 is 5.11 Å². The molecule has 2 rings (SSSR count). The molecular weight excluding hydrogens is 198 g/mol. The Balaban J connectivity index is 2.10. The van der Waals surface area contributed by atoms with Crippen LogP contribution in [0.1, 0.15) is 24.3 Å². The SMILES string of the molecule is NC1(CO)CC(c2ccccc2Cl)C1. The lowest BCUT2D eigenvalue weighted by atomic mass is 9.66. The number of halogens is 1. The molecule has 0 bridgehead atoms. The van der Waals surface area contributed by atoms with E-state index in [0.717, 1.165) is 23.4 Å². The zero-order chi connectivity index (χ0) is 10.2. The molecule has 0 heterocycles. The number of aliphatic hydroxyl groups is 1. The summed E-state index contributed by atoms with van der Waals surface area (Å²) in [7, 11) is 0. The van der Waals surface area contributed by atoms with E-state index in [2.05, 4.69) is 0 Å². The summed E-state index contributed by atoms with van der Waals surface area (Å²) >= 11 is 6.06. The predicted octanol–water partition coefficient (Wildman–Crippen LogP) is 1.91. The largest absolute Gasteiger partial charge is 0.394 e. The molecule has 2 nitrogen and oxygen atoms in total. The maximum Gasteiger partial charge on any atom is 0.0611 e. The maximum atomic E-state index is 9.02. The first kappa shape index (κ1) is 9.97. The molecule has 0 unspecified atom stereocenters. The van der Waals surface area contributed by atoms with E-state index >= 15 is 0 Å². The van der Waals surface area contributed by atoms with Gasteiger partial charge < -0.3 is 10.8 Å². The Kier molecular flexibility index (Phi) is 2.52. The van der Waals surface area contributed by atoms with Gasteiger partial charge in [0.1, 0.15) is 0 Å². The van der Waals surface area contributed by atoms with Gasteiger partial charge in [-0.25, -0.2) is 0 Å². The monoisotopic (exact) mass is 211 g/mol. The quantitative estimate of drug-likeness (QED) is 0.785. The molecule has 1 aromatic rings. The maximum absolute atomic E-state index is 9.02. The number of hydrogen-bond acceptors (Lipinski definition) is 2. The minimum atomic E-state index is -0.371. The molecule has 0 amide bonds. The first-order valence-electron chi connectivity index (χ1n) is 4.79. The van der Waals surface area contributed by atoms with E-state index in [4.69, 9.17) is 22.4 Å². The third-order valence-electron chi connectivity index (χ3n) is 2.97. The van der Waals surface area contributed by atoms with Gasteiger partial charge in [-0.3, -0.25) is 0 Å². The molecule has 0 aromatic heterocycles. The van der Waals surface area contributed by atoms with Crippen molar-refractivity contribution in [3.05, 3.63) is 34.9 Å². The molecule has 1 aliphatic carbocycles. The van der Waals surface area contributed by atoms with E-state index in [-0.39, 0.29) is 12.1 Å². The molecule has 3 heteroatoms. The second-order valence-corrected chi connectivity index (χ2v) is 4.55. The molecule has 76 valence electrons. The Morgan fingerprint density at radius 1 is 1.43 bits per heavy atom. The molecule has 1 aromatic carbocycles. The van der Waals surface area contributed by atoms with Gasteiger partial charge in [0.2, 0.25) is 0 Å². The average molecular weight is 212 g/mol. The van der Waals surface area contributed by atoms with E-state index in [1.165, 1.54) is 0 Å². The van der Waals surface area contributed by atoms with Gasteiger partial charge >= 0.3 is 0 Å². The Morgan fingerprint density at radius 3 is 2.64 bits per heavy atom. The Labute approximate surface area is 88.7 Å². The van der Waals surface area contributed by atoms with Crippen LogP contribution in [-0.4, -0.2) is 17.3 Å². The lowest BCUT2D eigenvalue weighted by Gasteiger charge is -2.44. The van der Waals surface area contributed by atoms with E-state index < -0.39 is 0 Å². The molecule has 14 heavy (non-hydrogen) atoms. The third-order valence-corrected chi connectivity index (χ3v) is 3.31. The molecule has 1 saturated carbocycles. The van der Waals surface area contributed by atoms with Crippen molar-refractivity contribution in [2.45, 2.75) is 24.3 Å². The second-order valence-electron chi connectivity index (χ2n) is 4.15. The second kappa shape index (κ2) is 3.54. The summed E-state index contributed by atoms with van der Waals surface area (Å²) in [5, 5.41) is 9.82. The highest BCUT2D eigenvalue weighted by Gasteiger charge is 2.41. The van der Waals surface area contributed by atoms with Gasteiger partial charge in [-0.1, -0.05) is 29.8 Å². The van der Waals surface area contributed by atoms with E-state index in [0.29, 0.717) is 5.92 Å². The van der Waals surface area contributed by atoms with E-state index in [1.807, 2.05) is 24.3 Å². The van der Waals surface area contributed by atoms with Crippen LogP contribution in [0.2, 0.25) is 5.02 Å². The molecule has 0 aliphatic heterocycles. The zero-order valence-electron chi connectivity index (χ0n) is 7.91. The van der Waals surface area contributed by atoms with Gasteiger partial charge in [-0.15, -0.1) is 0 Å². The predicted molar refractivity (Wildman–Crippen MR) is 57.4 cm³/mol. The first-order chi connectivity index (χ1) is 6.64. The summed E-state index contributed by atoms with van der Waals surface area (Å²) in [6.45, 7) is 0.0634. The first-order valence-corrected chi connectivity index (χ1v) is 5.17. The van der Waals surface area contributed by atoms with Crippen LogP contribution in [0.4, 0.5) is 0 Å². The molecule has 0 radical (unpaired) electrons. The van der Waals surface area contributed by atoms with Crippen molar-refractivity contribution in [1.29, 1.82) is 0 Å². The molecule has 0 spiro atoms. The molecule has 0 atom stereocenters. The van der Waals surface area contributed by atoms with E-state index in [9.17, 15) is 0 Å². The normalized spacial score (nSPS) is 31.2. The van der Waals surface area contributed by atoms with Crippen LogP contribution >= 0.6 is 11.6 Å². The summed E-state index contributed by atoms with van der Waals surface area (Å²) in [6, 6.07) is 7.83. The van der Waals surface area contributed by atoms with Crippen LogP contribution < -0.4 is 5.73 Å². The van der Waals surface area contributed by atoms with Gasteiger partial charge in [0.25, 0.3) is 0 Å². The summed E-state index contributed by atoms with van der Waals surface area (Å²) in [5.41, 5.74) is 6.67. The van der Waals surface area contributed by atoms with Crippen LogP contribution in [0.15, 0.2) is 24.3 Å². The van der Waals surface area contributed by atoms with Crippen molar-refractivity contribution in [2.24, 2.45) is 5.73 Å². The van der Waals surface area contributed by atoms with Crippen molar-refractivity contribution in [3.63, 3.8) is 0 Å². The number of nitrogens with two attached hydrogens (primary N) is 1. The fourth-order valence-electron chi connectivity index (χ4n) is 2.08. The van der Waals surface area contributed by atoms with Crippen LogP contribution in [-0.2, 0) is 0 Å². The highest BCUT2D eigenvalue weighted by atomic mass is 35.5.